The molecule has 8 heteroatoms. The van der Waals surface area contributed by atoms with Crippen LogP contribution in [0.4, 0.5) is 0 Å². The van der Waals surface area contributed by atoms with Gasteiger partial charge in [-0.1, -0.05) is 0 Å². The number of aryl methyl sites for hydroxylation is 1. The van der Waals surface area contributed by atoms with Crippen LogP contribution in [0.5, 0.6) is 11.5 Å². The summed E-state index contributed by atoms with van der Waals surface area (Å²) in [5.74, 6) is -0.743. The quantitative estimate of drug-likeness (QED) is 0.738. The minimum Gasteiger partial charge on any atom is -0.493 e. The number of benzene rings is 1. The summed E-state index contributed by atoms with van der Waals surface area (Å²) in [6.07, 6.45) is 1.60. The van der Waals surface area contributed by atoms with E-state index in [0.717, 1.165) is 5.56 Å². The van der Waals surface area contributed by atoms with E-state index in [9.17, 15) is 19.5 Å². The van der Waals surface area contributed by atoms with E-state index in [4.69, 9.17) is 13.9 Å². The average molecular weight is 403 g/mol. The van der Waals surface area contributed by atoms with Gasteiger partial charge in [0.15, 0.2) is 11.3 Å². The molecule has 1 aromatic carbocycles. The standard InChI is InChI=1S/C21H25NO7/c1-12-14-6-8-16(27-2)19(28-3)18(14)29-21(26)15(12)7-9-17(23)22-10-4-5-13(11-22)20(24)25/h6,8,13H,4-5,7,9-11H2,1-3H3,(H,24,25). The fourth-order valence-electron chi connectivity index (χ4n) is 3.85. The van der Waals surface area contributed by atoms with Crippen molar-refractivity contribution in [2.45, 2.75) is 32.6 Å². The number of likely N-dealkylation sites (tertiary alicyclic amines) is 1. The molecule has 1 aliphatic heterocycles. The molecule has 1 fully saturated rings. The van der Waals surface area contributed by atoms with Gasteiger partial charge < -0.3 is 23.9 Å². The number of carbonyl (C=O) groups excluding carboxylic acids is 1. The van der Waals surface area contributed by atoms with E-state index in [1.54, 1.807) is 17.0 Å². The monoisotopic (exact) mass is 403 g/mol. The van der Waals surface area contributed by atoms with Crippen LogP contribution in [-0.4, -0.2) is 49.2 Å². The molecule has 1 aromatic heterocycles. The molecule has 8 nitrogen and oxygen atoms in total. The van der Waals surface area contributed by atoms with Gasteiger partial charge >= 0.3 is 11.6 Å². The number of carboxylic acid groups (broad SMARTS) is 1. The normalized spacial score (nSPS) is 16.7. The Bertz CT molecular complexity index is 995. The number of nitrogens with zero attached hydrogens (tertiary/aromatic N) is 1. The maximum absolute atomic E-state index is 12.6. The number of hydrogen-bond donors (Lipinski definition) is 1. The summed E-state index contributed by atoms with van der Waals surface area (Å²) in [4.78, 5) is 37.9. The third-order valence-electron chi connectivity index (χ3n) is 5.51. The Morgan fingerprint density at radius 3 is 2.69 bits per heavy atom. The summed E-state index contributed by atoms with van der Waals surface area (Å²) in [6, 6.07) is 3.53. The Labute approximate surface area is 168 Å². The molecule has 1 N–H and O–H groups in total. The number of aliphatic carboxylic acids is 1. The highest BCUT2D eigenvalue weighted by Crippen LogP contribution is 2.36. The van der Waals surface area contributed by atoms with Gasteiger partial charge in [-0.2, -0.15) is 0 Å². The van der Waals surface area contributed by atoms with Crippen LogP contribution >= 0.6 is 0 Å². The highest BCUT2D eigenvalue weighted by molar-refractivity contribution is 5.88. The van der Waals surface area contributed by atoms with Gasteiger partial charge in [-0.3, -0.25) is 9.59 Å². The number of carboxylic acids is 1. The van der Waals surface area contributed by atoms with Gasteiger partial charge in [-0.25, -0.2) is 4.79 Å². The van der Waals surface area contributed by atoms with Crippen molar-refractivity contribution < 1.29 is 28.6 Å². The molecule has 2 aromatic rings. The molecule has 1 atom stereocenters. The second kappa shape index (κ2) is 8.55. The lowest BCUT2D eigenvalue weighted by atomic mass is 9.97. The molecule has 3 rings (SSSR count). The maximum atomic E-state index is 12.6. The highest BCUT2D eigenvalue weighted by atomic mass is 16.5. The number of ether oxygens (including phenoxy) is 2. The van der Waals surface area contributed by atoms with Gasteiger partial charge in [0.2, 0.25) is 11.7 Å². The first-order chi connectivity index (χ1) is 13.9. The minimum absolute atomic E-state index is 0.122. The number of amides is 1. The Morgan fingerprint density at radius 1 is 1.28 bits per heavy atom. The largest absolute Gasteiger partial charge is 0.493 e. The van der Waals surface area contributed by atoms with Crippen molar-refractivity contribution in [1.82, 2.24) is 4.90 Å². The molecule has 1 unspecified atom stereocenters. The minimum atomic E-state index is -0.877. The highest BCUT2D eigenvalue weighted by Gasteiger charge is 2.28. The van der Waals surface area contributed by atoms with Crippen LogP contribution in [0.1, 0.15) is 30.4 Å². The summed E-state index contributed by atoms with van der Waals surface area (Å²) >= 11 is 0. The zero-order valence-electron chi connectivity index (χ0n) is 16.8. The topological polar surface area (TPSA) is 106 Å². The smallest absolute Gasteiger partial charge is 0.339 e. The lowest BCUT2D eigenvalue weighted by Crippen LogP contribution is -2.42. The van der Waals surface area contributed by atoms with Crippen molar-refractivity contribution in [3.05, 3.63) is 33.7 Å². The van der Waals surface area contributed by atoms with Crippen LogP contribution < -0.4 is 15.1 Å². The van der Waals surface area contributed by atoms with Gasteiger partial charge in [-0.15, -0.1) is 0 Å². The fourth-order valence-corrected chi connectivity index (χ4v) is 3.85. The molecule has 1 saturated heterocycles. The third-order valence-corrected chi connectivity index (χ3v) is 5.51. The Kier molecular flexibility index (Phi) is 6.10. The van der Waals surface area contributed by atoms with E-state index >= 15 is 0 Å². The molecule has 156 valence electrons. The van der Waals surface area contributed by atoms with Gasteiger partial charge in [-0.05, 0) is 43.9 Å². The van der Waals surface area contributed by atoms with E-state index in [2.05, 4.69) is 0 Å². The number of hydrogen-bond acceptors (Lipinski definition) is 6. The summed E-state index contributed by atoms with van der Waals surface area (Å²) in [7, 11) is 2.98. The van der Waals surface area contributed by atoms with Crippen molar-refractivity contribution >= 4 is 22.8 Å². The molecule has 0 bridgehead atoms. The van der Waals surface area contributed by atoms with Crippen LogP contribution in [0.15, 0.2) is 21.3 Å². The Balaban J connectivity index is 1.83. The summed E-state index contributed by atoms with van der Waals surface area (Å²) < 4.78 is 16.1. The third kappa shape index (κ3) is 4.06. The SMILES string of the molecule is COc1ccc2c(C)c(CCC(=O)N3CCCC(C(=O)O)C3)c(=O)oc2c1OC. The van der Waals surface area contributed by atoms with Crippen molar-refractivity contribution in [3.63, 3.8) is 0 Å². The van der Waals surface area contributed by atoms with Gasteiger partial charge in [0, 0.05) is 30.5 Å². The number of methoxy groups -OCH3 is 2. The lowest BCUT2D eigenvalue weighted by molar-refractivity contribution is -0.145. The van der Waals surface area contributed by atoms with Crippen molar-refractivity contribution in [2.24, 2.45) is 5.92 Å². The van der Waals surface area contributed by atoms with Gasteiger partial charge in [0.05, 0.1) is 20.1 Å². The average Bonchev–Trinajstić information content (AvgIpc) is 2.72. The number of carbonyl (C=O) groups is 2. The molecule has 0 saturated carbocycles. The molecular formula is C21H25NO7. The summed E-state index contributed by atoms with van der Waals surface area (Å²) in [6.45, 7) is 2.58. The second-order valence-corrected chi connectivity index (χ2v) is 7.19. The fraction of sp³-hybridized carbons (Fsp3) is 0.476. The molecule has 0 aliphatic carbocycles. The zero-order valence-corrected chi connectivity index (χ0v) is 16.8. The van der Waals surface area contributed by atoms with Gasteiger partial charge in [0.25, 0.3) is 0 Å². The zero-order chi connectivity index (χ0) is 21.1. The predicted octanol–water partition coefficient (Wildman–Crippen LogP) is 2.37. The first kappa shape index (κ1) is 20.7. The van der Waals surface area contributed by atoms with E-state index in [1.165, 1.54) is 14.2 Å². The predicted molar refractivity (Wildman–Crippen MR) is 106 cm³/mol. The molecule has 0 spiro atoms. The van der Waals surface area contributed by atoms with Crippen LogP contribution in [-0.2, 0) is 16.0 Å². The molecule has 2 heterocycles. The van der Waals surface area contributed by atoms with Crippen molar-refractivity contribution in [3.8, 4) is 11.5 Å². The molecule has 1 amide bonds. The number of fused-ring (bicyclic) bond motifs is 1. The first-order valence-corrected chi connectivity index (χ1v) is 9.55. The lowest BCUT2D eigenvalue weighted by Gasteiger charge is -2.30. The Hall–Kier alpha value is -3.03. The van der Waals surface area contributed by atoms with Crippen LogP contribution in [0.3, 0.4) is 0 Å². The van der Waals surface area contributed by atoms with Crippen LogP contribution in [0, 0.1) is 12.8 Å². The van der Waals surface area contributed by atoms with Crippen LogP contribution in [0.2, 0.25) is 0 Å². The molecular weight excluding hydrogens is 378 g/mol. The van der Waals surface area contributed by atoms with Gasteiger partial charge in [0.1, 0.15) is 0 Å². The first-order valence-electron chi connectivity index (χ1n) is 9.55. The number of rotatable bonds is 6. The van der Waals surface area contributed by atoms with E-state index in [-0.39, 0.29) is 25.3 Å². The summed E-state index contributed by atoms with van der Waals surface area (Å²) in [5, 5.41) is 9.90. The Morgan fingerprint density at radius 2 is 2.03 bits per heavy atom. The van der Waals surface area contributed by atoms with E-state index < -0.39 is 17.5 Å². The molecule has 1 aliphatic rings. The summed E-state index contributed by atoms with van der Waals surface area (Å²) in [5.41, 5.74) is 0.957. The second-order valence-electron chi connectivity index (χ2n) is 7.19. The van der Waals surface area contributed by atoms with Crippen molar-refractivity contribution in [2.75, 3.05) is 27.3 Å². The van der Waals surface area contributed by atoms with E-state index in [1.807, 2.05) is 6.92 Å². The molecule has 0 radical (unpaired) electrons. The van der Waals surface area contributed by atoms with E-state index in [0.29, 0.717) is 47.4 Å². The number of piperidine rings is 1. The van der Waals surface area contributed by atoms with Crippen molar-refractivity contribution in [1.29, 1.82) is 0 Å². The van der Waals surface area contributed by atoms with Crippen LogP contribution in [0.25, 0.3) is 11.0 Å². The maximum Gasteiger partial charge on any atom is 0.339 e. The molecule has 29 heavy (non-hydrogen) atoms.